The van der Waals surface area contributed by atoms with Gasteiger partial charge in [-0.25, -0.2) is 13.8 Å². The van der Waals surface area contributed by atoms with Crippen molar-refractivity contribution < 1.29 is 9.13 Å². The first-order chi connectivity index (χ1) is 11.2. The van der Waals surface area contributed by atoms with Crippen molar-refractivity contribution in [2.45, 2.75) is 40.2 Å². The average molecular weight is 355 g/mol. The fourth-order valence-electron chi connectivity index (χ4n) is 2.53. The zero-order valence-corrected chi connectivity index (χ0v) is 15.1. The zero-order chi connectivity index (χ0) is 18.2. The lowest BCUT2D eigenvalue weighted by molar-refractivity contribution is 0.242. The summed E-state index contributed by atoms with van der Waals surface area (Å²) in [5.41, 5.74) is -0.300. The van der Waals surface area contributed by atoms with Gasteiger partial charge in [-0.15, -0.1) is 0 Å². The van der Waals surface area contributed by atoms with Crippen molar-refractivity contribution in [3.8, 4) is 11.4 Å². The van der Waals surface area contributed by atoms with Crippen LogP contribution in [0.2, 0.25) is 5.02 Å². The number of benzene rings is 1. The van der Waals surface area contributed by atoms with Crippen LogP contribution in [0, 0.1) is 12.7 Å². The van der Waals surface area contributed by atoms with Crippen molar-refractivity contribution in [2.75, 3.05) is 0 Å². The molecule has 0 spiro atoms. The molecule has 0 aliphatic heterocycles. The predicted octanol–water partition coefficient (Wildman–Crippen LogP) is 2.99. The molecule has 130 valence electrons. The smallest absolute Gasteiger partial charge is 0.335 e. The highest BCUT2D eigenvalue weighted by Crippen LogP contribution is 2.29. The van der Waals surface area contributed by atoms with E-state index < -0.39 is 17.1 Å². The normalized spacial score (nSPS) is 11.2. The van der Waals surface area contributed by atoms with Crippen LogP contribution in [0.5, 0.6) is 5.75 Å². The summed E-state index contributed by atoms with van der Waals surface area (Å²) in [4.78, 5) is 25.2. The summed E-state index contributed by atoms with van der Waals surface area (Å²) in [5.74, 6) is -0.545. The standard InChI is InChI=1S/C17H20ClFN2O3/c1-6-11-10(4)20(5)17(23)21(16(11)22)14-8-15(24-9(2)3)12(18)7-13(14)19/h7-9H,6H2,1-5H3. The molecule has 1 aromatic carbocycles. The van der Waals surface area contributed by atoms with E-state index in [0.29, 0.717) is 17.7 Å². The van der Waals surface area contributed by atoms with Crippen LogP contribution >= 0.6 is 11.6 Å². The van der Waals surface area contributed by atoms with E-state index in [1.807, 2.05) is 6.92 Å². The van der Waals surface area contributed by atoms with E-state index >= 15 is 0 Å². The Balaban J connectivity index is 2.85. The first kappa shape index (κ1) is 18.3. The van der Waals surface area contributed by atoms with Crippen LogP contribution < -0.4 is 16.0 Å². The average Bonchev–Trinajstić information content (AvgIpc) is 2.49. The second-order valence-corrected chi connectivity index (χ2v) is 6.21. The fraction of sp³-hybridized carbons (Fsp3) is 0.412. The quantitative estimate of drug-likeness (QED) is 0.848. The summed E-state index contributed by atoms with van der Waals surface area (Å²) in [7, 11) is 1.55. The van der Waals surface area contributed by atoms with Crippen LogP contribution in [0.1, 0.15) is 32.0 Å². The summed E-state index contributed by atoms with van der Waals surface area (Å²) in [6, 6.07) is 2.33. The van der Waals surface area contributed by atoms with Gasteiger partial charge in [0.05, 0.1) is 16.8 Å². The summed E-state index contributed by atoms with van der Waals surface area (Å²) < 4.78 is 22.1. The second-order valence-electron chi connectivity index (χ2n) is 5.80. The number of hydrogen-bond donors (Lipinski definition) is 0. The van der Waals surface area contributed by atoms with Crippen molar-refractivity contribution in [1.29, 1.82) is 0 Å². The van der Waals surface area contributed by atoms with Gasteiger partial charge < -0.3 is 9.30 Å². The summed E-state index contributed by atoms with van der Waals surface area (Å²) >= 11 is 5.99. The lowest BCUT2D eigenvalue weighted by atomic mass is 10.1. The van der Waals surface area contributed by atoms with E-state index in [0.717, 1.165) is 10.6 Å². The van der Waals surface area contributed by atoms with Crippen LogP contribution in [0.25, 0.3) is 5.69 Å². The molecule has 0 fully saturated rings. The topological polar surface area (TPSA) is 53.2 Å². The summed E-state index contributed by atoms with van der Waals surface area (Å²) in [6.07, 6.45) is 0.244. The highest BCUT2D eigenvalue weighted by molar-refractivity contribution is 6.32. The second kappa shape index (κ2) is 6.81. The van der Waals surface area contributed by atoms with Gasteiger partial charge in [0, 0.05) is 24.4 Å². The molecule has 0 aliphatic rings. The lowest BCUT2D eigenvalue weighted by Crippen LogP contribution is -2.41. The number of rotatable bonds is 4. The SMILES string of the molecule is CCc1c(C)n(C)c(=O)n(-c2cc(OC(C)C)c(Cl)cc2F)c1=O. The zero-order valence-electron chi connectivity index (χ0n) is 14.3. The summed E-state index contributed by atoms with van der Waals surface area (Å²) in [6.45, 7) is 7.10. The molecule has 0 unspecified atom stereocenters. The van der Waals surface area contributed by atoms with Crippen LogP contribution in [-0.2, 0) is 13.5 Å². The highest BCUT2D eigenvalue weighted by Gasteiger charge is 2.19. The molecule has 1 aromatic heterocycles. The van der Waals surface area contributed by atoms with Crippen LogP contribution in [0.15, 0.2) is 21.7 Å². The number of nitrogens with zero attached hydrogens (tertiary/aromatic N) is 2. The maximum atomic E-state index is 14.4. The molecular formula is C17H20ClFN2O3. The third-order valence-corrected chi connectivity index (χ3v) is 4.13. The predicted molar refractivity (Wildman–Crippen MR) is 92.1 cm³/mol. The Bertz CT molecular complexity index is 900. The van der Waals surface area contributed by atoms with Gasteiger partial charge in [0.1, 0.15) is 11.6 Å². The molecule has 24 heavy (non-hydrogen) atoms. The molecule has 0 aliphatic carbocycles. The van der Waals surface area contributed by atoms with E-state index in [-0.39, 0.29) is 22.6 Å². The van der Waals surface area contributed by atoms with Crippen molar-refractivity contribution >= 4 is 11.6 Å². The number of hydrogen-bond acceptors (Lipinski definition) is 3. The van der Waals surface area contributed by atoms with E-state index in [1.165, 1.54) is 10.6 Å². The molecule has 2 aromatic rings. The molecular weight excluding hydrogens is 335 g/mol. The molecule has 0 amide bonds. The van der Waals surface area contributed by atoms with Crippen LogP contribution in [0.3, 0.4) is 0 Å². The van der Waals surface area contributed by atoms with Gasteiger partial charge in [0.15, 0.2) is 0 Å². The molecule has 0 atom stereocenters. The molecule has 5 nitrogen and oxygen atoms in total. The molecule has 2 rings (SSSR count). The number of ether oxygens (including phenoxy) is 1. The van der Waals surface area contributed by atoms with E-state index in [2.05, 4.69) is 0 Å². The molecule has 0 saturated carbocycles. The third-order valence-electron chi connectivity index (χ3n) is 3.84. The van der Waals surface area contributed by atoms with Crippen molar-refractivity contribution in [3.63, 3.8) is 0 Å². The number of halogens is 2. The minimum atomic E-state index is -0.763. The van der Waals surface area contributed by atoms with Gasteiger partial charge in [0.2, 0.25) is 0 Å². The summed E-state index contributed by atoms with van der Waals surface area (Å²) in [5, 5.41) is 0.0812. The lowest BCUT2D eigenvalue weighted by Gasteiger charge is -2.16. The van der Waals surface area contributed by atoms with E-state index in [4.69, 9.17) is 16.3 Å². The molecule has 1 heterocycles. The Morgan fingerprint density at radius 1 is 1.29 bits per heavy atom. The molecule has 7 heteroatoms. The minimum Gasteiger partial charge on any atom is -0.489 e. The van der Waals surface area contributed by atoms with E-state index in [9.17, 15) is 14.0 Å². The molecule has 0 N–H and O–H groups in total. The first-order valence-corrected chi connectivity index (χ1v) is 8.04. The third kappa shape index (κ3) is 3.11. The van der Waals surface area contributed by atoms with E-state index in [1.54, 1.807) is 27.8 Å². The Labute approximate surface area is 144 Å². The maximum absolute atomic E-state index is 14.4. The van der Waals surface area contributed by atoms with Gasteiger partial charge >= 0.3 is 5.69 Å². The van der Waals surface area contributed by atoms with Gasteiger partial charge in [0.25, 0.3) is 5.56 Å². The Hall–Kier alpha value is -2.08. The van der Waals surface area contributed by atoms with Gasteiger partial charge in [-0.1, -0.05) is 18.5 Å². The Kier molecular flexibility index (Phi) is 5.18. The van der Waals surface area contributed by atoms with Crippen LogP contribution in [0.4, 0.5) is 4.39 Å². The number of aromatic nitrogens is 2. The van der Waals surface area contributed by atoms with Gasteiger partial charge in [-0.05, 0) is 33.3 Å². The first-order valence-electron chi connectivity index (χ1n) is 7.66. The van der Waals surface area contributed by atoms with Crippen LogP contribution in [-0.4, -0.2) is 15.2 Å². The Morgan fingerprint density at radius 2 is 1.92 bits per heavy atom. The molecule has 0 bridgehead atoms. The van der Waals surface area contributed by atoms with Gasteiger partial charge in [-0.2, -0.15) is 0 Å². The van der Waals surface area contributed by atoms with Crippen molar-refractivity contribution in [1.82, 2.24) is 9.13 Å². The Morgan fingerprint density at radius 3 is 2.46 bits per heavy atom. The molecule has 0 saturated heterocycles. The highest BCUT2D eigenvalue weighted by atomic mass is 35.5. The fourth-order valence-corrected chi connectivity index (χ4v) is 2.72. The largest absolute Gasteiger partial charge is 0.489 e. The maximum Gasteiger partial charge on any atom is 0.335 e. The monoisotopic (exact) mass is 354 g/mol. The van der Waals surface area contributed by atoms with Crippen molar-refractivity contribution in [3.05, 3.63) is 55.1 Å². The molecule has 0 radical (unpaired) electrons. The van der Waals surface area contributed by atoms with Gasteiger partial charge in [-0.3, -0.25) is 4.79 Å². The van der Waals surface area contributed by atoms with Crippen molar-refractivity contribution in [2.24, 2.45) is 7.05 Å². The minimum absolute atomic E-state index is 0.0812.